The minimum Gasteiger partial charge on any atom is -0.454 e. The molecule has 1 N–H and O–H groups in total. The minimum absolute atomic E-state index is 0.303. The van der Waals surface area contributed by atoms with E-state index in [2.05, 4.69) is 22.3 Å². The lowest BCUT2D eigenvalue weighted by Gasteiger charge is -2.20. The molecule has 0 saturated carbocycles. The van der Waals surface area contributed by atoms with Gasteiger partial charge in [-0.2, -0.15) is 0 Å². The van der Waals surface area contributed by atoms with Crippen LogP contribution >= 0.6 is 0 Å². The van der Waals surface area contributed by atoms with Crippen molar-refractivity contribution in [1.82, 2.24) is 0 Å². The first-order chi connectivity index (χ1) is 9.28. The molecule has 98 valence electrons. The molecule has 0 bridgehead atoms. The fraction of sp³-hybridized carbons (Fsp3) is 0.200. The second-order valence-electron chi connectivity index (χ2n) is 4.40. The van der Waals surface area contributed by atoms with Crippen molar-refractivity contribution in [1.29, 1.82) is 0 Å². The Hall–Kier alpha value is -2.36. The van der Waals surface area contributed by atoms with Crippen LogP contribution in [-0.2, 0) is 0 Å². The molecule has 0 radical (unpaired) electrons. The van der Waals surface area contributed by atoms with E-state index in [-0.39, 0.29) is 0 Å². The number of fused-ring (bicyclic) bond motifs is 1. The Bertz CT molecular complexity index is 598. The maximum Gasteiger partial charge on any atom is 0.231 e. The van der Waals surface area contributed by atoms with Gasteiger partial charge in [0.05, 0.1) is 0 Å². The van der Waals surface area contributed by atoms with Gasteiger partial charge in [0, 0.05) is 37.2 Å². The van der Waals surface area contributed by atoms with Crippen LogP contribution in [0.2, 0.25) is 0 Å². The highest BCUT2D eigenvalue weighted by Crippen LogP contribution is 2.37. The first kappa shape index (κ1) is 11.7. The quantitative estimate of drug-likeness (QED) is 0.914. The molecule has 4 heteroatoms. The Kier molecular flexibility index (Phi) is 2.91. The summed E-state index contributed by atoms with van der Waals surface area (Å²) in [5, 5.41) is 3.14. The number of nitrogens with zero attached hydrogens (tertiary/aromatic N) is 1. The largest absolute Gasteiger partial charge is 0.454 e. The molecule has 0 amide bonds. The third-order valence-corrected chi connectivity index (χ3v) is 3.27. The van der Waals surface area contributed by atoms with E-state index in [0.717, 1.165) is 28.6 Å². The van der Waals surface area contributed by atoms with Crippen LogP contribution in [0.15, 0.2) is 42.5 Å². The number of nitrogens with one attached hydrogen (secondary N) is 1. The van der Waals surface area contributed by atoms with Gasteiger partial charge in [0.25, 0.3) is 0 Å². The van der Waals surface area contributed by atoms with Crippen LogP contribution in [0.1, 0.15) is 0 Å². The van der Waals surface area contributed by atoms with Crippen LogP contribution in [0.4, 0.5) is 17.1 Å². The average Bonchev–Trinajstić information content (AvgIpc) is 2.94. The summed E-state index contributed by atoms with van der Waals surface area (Å²) >= 11 is 0. The third-order valence-electron chi connectivity index (χ3n) is 3.27. The van der Waals surface area contributed by atoms with Crippen molar-refractivity contribution in [3.05, 3.63) is 42.5 Å². The average molecular weight is 256 g/mol. The Morgan fingerprint density at radius 1 is 1.00 bits per heavy atom. The van der Waals surface area contributed by atoms with Crippen molar-refractivity contribution in [3.8, 4) is 11.5 Å². The topological polar surface area (TPSA) is 33.7 Å². The van der Waals surface area contributed by atoms with Gasteiger partial charge in [-0.3, -0.25) is 0 Å². The SMILES string of the molecule is CNc1cccc(N(C)c2ccc3c(c2)OCO3)c1. The zero-order valence-electron chi connectivity index (χ0n) is 11.0. The molecule has 3 rings (SSSR count). The standard InChI is InChI=1S/C15H16N2O2/c1-16-11-4-3-5-12(8-11)17(2)13-6-7-14-15(9-13)19-10-18-14/h3-9,16H,10H2,1-2H3. The summed E-state index contributed by atoms with van der Waals surface area (Å²) in [6.45, 7) is 0.303. The molecular formula is C15H16N2O2. The summed E-state index contributed by atoms with van der Waals surface area (Å²) < 4.78 is 10.7. The Morgan fingerprint density at radius 2 is 1.79 bits per heavy atom. The highest BCUT2D eigenvalue weighted by molar-refractivity contribution is 5.69. The van der Waals surface area contributed by atoms with E-state index in [9.17, 15) is 0 Å². The first-order valence-electron chi connectivity index (χ1n) is 6.19. The molecule has 1 aliphatic heterocycles. The van der Waals surface area contributed by atoms with Crippen molar-refractivity contribution in [3.63, 3.8) is 0 Å². The van der Waals surface area contributed by atoms with Crippen LogP contribution in [0.25, 0.3) is 0 Å². The summed E-state index contributed by atoms with van der Waals surface area (Å²) in [4.78, 5) is 2.11. The molecule has 0 spiro atoms. The third kappa shape index (κ3) is 2.17. The van der Waals surface area contributed by atoms with Gasteiger partial charge in [-0.15, -0.1) is 0 Å². The lowest BCUT2D eigenvalue weighted by molar-refractivity contribution is 0.174. The predicted octanol–water partition coefficient (Wildman–Crippen LogP) is 3.22. The van der Waals surface area contributed by atoms with Gasteiger partial charge in [0.2, 0.25) is 6.79 Å². The van der Waals surface area contributed by atoms with Crippen molar-refractivity contribution in [2.45, 2.75) is 0 Å². The van der Waals surface area contributed by atoms with Gasteiger partial charge >= 0.3 is 0 Å². The predicted molar refractivity (Wildman–Crippen MR) is 76.6 cm³/mol. The Labute approximate surface area is 112 Å². The lowest BCUT2D eigenvalue weighted by Crippen LogP contribution is -2.09. The van der Waals surface area contributed by atoms with E-state index >= 15 is 0 Å². The number of ether oxygens (including phenoxy) is 2. The molecule has 19 heavy (non-hydrogen) atoms. The van der Waals surface area contributed by atoms with Crippen LogP contribution in [-0.4, -0.2) is 20.9 Å². The molecule has 2 aromatic rings. The summed E-state index contributed by atoms with van der Waals surface area (Å²) in [7, 11) is 3.95. The zero-order valence-corrected chi connectivity index (χ0v) is 11.0. The lowest BCUT2D eigenvalue weighted by atomic mass is 10.2. The van der Waals surface area contributed by atoms with Gasteiger partial charge in [-0.1, -0.05) is 6.07 Å². The molecule has 0 unspecified atom stereocenters. The Balaban J connectivity index is 1.92. The molecular weight excluding hydrogens is 240 g/mol. The van der Waals surface area contributed by atoms with Crippen molar-refractivity contribution >= 4 is 17.1 Å². The van der Waals surface area contributed by atoms with Gasteiger partial charge in [-0.25, -0.2) is 0 Å². The maximum absolute atomic E-state index is 5.41. The Morgan fingerprint density at radius 3 is 2.63 bits per heavy atom. The van der Waals surface area contributed by atoms with Crippen LogP contribution in [0.3, 0.4) is 0 Å². The summed E-state index contributed by atoms with van der Waals surface area (Å²) in [5.41, 5.74) is 3.27. The van der Waals surface area contributed by atoms with Gasteiger partial charge in [-0.05, 0) is 30.3 Å². The van der Waals surface area contributed by atoms with E-state index in [1.807, 2.05) is 44.4 Å². The monoisotopic (exact) mass is 256 g/mol. The van der Waals surface area contributed by atoms with Crippen molar-refractivity contribution < 1.29 is 9.47 Å². The summed E-state index contributed by atoms with van der Waals surface area (Å²) in [5.74, 6) is 1.61. The number of rotatable bonds is 3. The van der Waals surface area contributed by atoms with Gasteiger partial charge < -0.3 is 19.7 Å². The van der Waals surface area contributed by atoms with E-state index < -0.39 is 0 Å². The molecule has 0 aliphatic carbocycles. The molecule has 1 heterocycles. The van der Waals surface area contributed by atoms with Gasteiger partial charge in [0.1, 0.15) is 0 Å². The molecule has 0 aromatic heterocycles. The van der Waals surface area contributed by atoms with Crippen LogP contribution in [0.5, 0.6) is 11.5 Å². The molecule has 2 aromatic carbocycles. The molecule has 0 fully saturated rings. The normalized spacial score (nSPS) is 12.3. The first-order valence-corrected chi connectivity index (χ1v) is 6.19. The molecule has 0 saturated heterocycles. The second kappa shape index (κ2) is 4.72. The minimum atomic E-state index is 0.303. The molecule has 1 aliphatic rings. The van der Waals surface area contributed by atoms with E-state index in [0.29, 0.717) is 6.79 Å². The molecule has 4 nitrogen and oxygen atoms in total. The fourth-order valence-electron chi connectivity index (χ4n) is 2.11. The second-order valence-corrected chi connectivity index (χ2v) is 4.40. The van der Waals surface area contributed by atoms with E-state index in [4.69, 9.17) is 9.47 Å². The van der Waals surface area contributed by atoms with Crippen LogP contribution < -0.4 is 19.7 Å². The number of benzene rings is 2. The van der Waals surface area contributed by atoms with Gasteiger partial charge in [0.15, 0.2) is 11.5 Å². The maximum atomic E-state index is 5.41. The van der Waals surface area contributed by atoms with Crippen LogP contribution in [0, 0.1) is 0 Å². The molecule has 0 atom stereocenters. The fourth-order valence-corrected chi connectivity index (χ4v) is 2.11. The van der Waals surface area contributed by atoms with E-state index in [1.54, 1.807) is 0 Å². The number of anilines is 3. The smallest absolute Gasteiger partial charge is 0.231 e. The summed E-state index contributed by atoms with van der Waals surface area (Å²) in [6.07, 6.45) is 0. The zero-order chi connectivity index (χ0) is 13.2. The number of hydrogen-bond donors (Lipinski definition) is 1. The highest BCUT2D eigenvalue weighted by atomic mass is 16.7. The van der Waals surface area contributed by atoms with Crippen molar-refractivity contribution in [2.75, 3.05) is 31.1 Å². The van der Waals surface area contributed by atoms with Crippen molar-refractivity contribution in [2.24, 2.45) is 0 Å². The summed E-state index contributed by atoms with van der Waals surface area (Å²) in [6, 6.07) is 14.2. The number of hydrogen-bond acceptors (Lipinski definition) is 4. The van der Waals surface area contributed by atoms with E-state index in [1.165, 1.54) is 0 Å². The highest BCUT2D eigenvalue weighted by Gasteiger charge is 2.15.